The standard InChI is InChI=1S/C9H6F5NS/c10-4-5(11)7(13)9(8(14)6(4)12)16-15-3-1-2-3/h3,15H,1-2H2. The summed E-state index contributed by atoms with van der Waals surface area (Å²) < 4.78 is 66.9. The summed E-state index contributed by atoms with van der Waals surface area (Å²) in [4.78, 5) is -0.886. The summed E-state index contributed by atoms with van der Waals surface area (Å²) in [6, 6.07) is 0.0833. The zero-order valence-corrected chi connectivity index (χ0v) is 8.61. The van der Waals surface area contributed by atoms with E-state index >= 15 is 0 Å². The molecule has 0 radical (unpaired) electrons. The van der Waals surface area contributed by atoms with Gasteiger partial charge in [-0.2, -0.15) is 0 Å². The average Bonchev–Trinajstić information content (AvgIpc) is 3.07. The fourth-order valence-corrected chi connectivity index (χ4v) is 1.90. The predicted octanol–water partition coefficient (Wildman–Crippen LogP) is 3.14. The first kappa shape index (κ1) is 11.7. The number of rotatable bonds is 3. The molecule has 0 spiro atoms. The summed E-state index contributed by atoms with van der Waals surface area (Å²) in [6.45, 7) is 0. The van der Waals surface area contributed by atoms with Crippen LogP contribution in [0.5, 0.6) is 0 Å². The SMILES string of the molecule is Fc1c(F)c(F)c(SNC2CC2)c(F)c1F. The number of hydrogen-bond acceptors (Lipinski definition) is 2. The minimum absolute atomic E-state index is 0.0833. The van der Waals surface area contributed by atoms with E-state index in [-0.39, 0.29) is 6.04 Å². The van der Waals surface area contributed by atoms with Crippen molar-refractivity contribution >= 4 is 11.9 Å². The van der Waals surface area contributed by atoms with Crippen LogP contribution in [0.3, 0.4) is 0 Å². The van der Waals surface area contributed by atoms with Crippen LogP contribution in [0.4, 0.5) is 22.0 Å². The first-order valence-corrected chi connectivity index (χ1v) is 5.27. The van der Waals surface area contributed by atoms with Crippen LogP contribution in [0.15, 0.2) is 4.90 Å². The van der Waals surface area contributed by atoms with Crippen LogP contribution >= 0.6 is 11.9 Å². The van der Waals surface area contributed by atoms with Crippen LogP contribution in [0.2, 0.25) is 0 Å². The van der Waals surface area contributed by atoms with Crippen molar-refractivity contribution in [1.82, 2.24) is 4.72 Å². The van der Waals surface area contributed by atoms with Gasteiger partial charge in [-0.25, -0.2) is 22.0 Å². The van der Waals surface area contributed by atoms with E-state index in [9.17, 15) is 22.0 Å². The van der Waals surface area contributed by atoms with E-state index in [1.165, 1.54) is 0 Å². The van der Waals surface area contributed by atoms with Gasteiger partial charge < -0.3 is 0 Å². The fourth-order valence-electron chi connectivity index (χ4n) is 1.02. The summed E-state index contributed by atoms with van der Waals surface area (Å²) >= 11 is 0.435. The van der Waals surface area contributed by atoms with Gasteiger partial charge in [-0.3, -0.25) is 4.72 Å². The molecule has 0 atom stereocenters. The van der Waals surface area contributed by atoms with Gasteiger partial charge in [-0.15, -0.1) is 0 Å². The molecule has 1 N–H and O–H groups in total. The highest BCUT2D eigenvalue weighted by atomic mass is 32.2. The first-order valence-electron chi connectivity index (χ1n) is 4.46. The molecule has 1 saturated carbocycles. The Morgan fingerprint density at radius 3 is 1.69 bits per heavy atom. The Morgan fingerprint density at radius 2 is 1.25 bits per heavy atom. The molecular weight excluding hydrogens is 249 g/mol. The molecule has 0 amide bonds. The summed E-state index contributed by atoms with van der Waals surface area (Å²) in [6.07, 6.45) is 1.67. The van der Waals surface area contributed by atoms with Gasteiger partial charge in [-0.05, 0) is 24.8 Å². The summed E-state index contributed by atoms with van der Waals surface area (Å²) in [5.41, 5.74) is 0. The third-order valence-corrected chi connectivity index (χ3v) is 3.09. The lowest BCUT2D eigenvalue weighted by Crippen LogP contribution is -2.10. The Balaban J connectivity index is 2.34. The van der Waals surface area contributed by atoms with Crippen LogP contribution in [0.25, 0.3) is 0 Å². The second-order valence-electron chi connectivity index (χ2n) is 3.39. The first-order chi connectivity index (χ1) is 7.52. The van der Waals surface area contributed by atoms with Crippen LogP contribution in [-0.2, 0) is 0 Å². The van der Waals surface area contributed by atoms with Gasteiger partial charge in [0.05, 0.1) is 0 Å². The van der Waals surface area contributed by atoms with E-state index in [0.717, 1.165) is 12.8 Å². The molecule has 16 heavy (non-hydrogen) atoms. The average molecular weight is 255 g/mol. The van der Waals surface area contributed by atoms with Gasteiger partial charge in [0.25, 0.3) is 0 Å². The Labute approximate surface area is 92.2 Å². The molecule has 1 aliphatic carbocycles. The maximum absolute atomic E-state index is 13.1. The summed E-state index contributed by atoms with van der Waals surface area (Å²) in [5.74, 6) is -9.56. The van der Waals surface area contributed by atoms with Crippen molar-refractivity contribution in [3.05, 3.63) is 29.1 Å². The second kappa shape index (κ2) is 4.21. The van der Waals surface area contributed by atoms with E-state index in [1.54, 1.807) is 0 Å². The minimum atomic E-state index is -2.13. The number of nitrogens with one attached hydrogen (secondary N) is 1. The lowest BCUT2D eigenvalue weighted by atomic mass is 10.3. The molecule has 0 bridgehead atoms. The van der Waals surface area contributed by atoms with Crippen molar-refractivity contribution in [3.63, 3.8) is 0 Å². The van der Waals surface area contributed by atoms with E-state index in [0.29, 0.717) is 11.9 Å². The van der Waals surface area contributed by atoms with Crippen molar-refractivity contribution in [3.8, 4) is 0 Å². The molecule has 7 heteroatoms. The molecule has 0 aliphatic heterocycles. The normalized spacial score (nSPS) is 15.6. The van der Waals surface area contributed by atoms with Crippen molar-refractivity contribution in [2.24, 2.45) is 0 Å². The Bertz CT molecular complexity index is 403. The van der Waals surface area contributed by atoms with Gasteiger partial charge in [0, 0.05) is 6.04 Å². The number of halogens is 5. The monoisotopic (exact) mass is 255 g/mol. The maximum atomic E-state index is 13.1. The fraction of sp³-hybridized carbons (Fsp3) is 0.333. The molecule has 0 saturated heterocycles. The smallest absolute Gasteiger partial charge is 0.200 e. The maximum Gasteiger partial charge on any atom is 0.200 e. The van der Waals surface area contributed by atoms with Crippen molar-refractivity contribution in [2.75, 3.05) is 0 Å². The highest BCUT2D eigenvalue weighted by Crippen LogP contribution is 2.31. The lowest BCUT2D eigenvalue weighted by molar-refractivity contribution is 0.360. The molecule has 0 unspecified atom stereocenters. The van der Waals surface area contributed by atoms with E-state index < -0.39 is 34.0 Å². The molecule has 1 nitrogen and oxygen atoms in total. The third kappa shape index (κ3) is 2.01. The molecule has 0 heterocycles. The third-order valence-electron chi connectivity index (χ3n) is 2.07. The molecule has 1 fully saturated rings. The molecule has 88 valence electrons. The van der Waals surface area contributed by atoms with E-state index in [2.05, 4.69) is 4.72 Å². The highest BCUT2D eigenvalue weighted by Gasteiger charge is 2.28. The summed E-state index contributed by atoms with van der Waals surface area (Å²) in [7, 11) is 0. The van der Waals surface area contributed by atoms with Gasteiger partial charge in [-0.1, -0.05) is 0 Å². The van der Waals surface area contributed by atoms with Crippen molar-refractivity contribution in [1.29, 1.82) is 0 Å². The molecule has 1 aromatic rings. The predicted molar refractivity (Wildman–Crippen MR) is 48.2 cm³/mol. The minimum Gasteiger partial charge on any atom is -0.257 e. The highest BCUT2D eigenvalue weighted by molar-refractivity contribution is 7.97. The van der Waals surface area contributed by atoms with Crippen molar-refractivity contribution in [2.45, 2.75) is 23.8 Å². The van der Waals surface area contributed by atoms with Crippen LogP contribution in [0, 0.1) is 29.1 Å². The molecule has 0 aromatic heterocycles. The van der Waals surface area contributed by atoms with E-state index in [1.807, 2.05) is 0 Å². The van der Waals surface area contributed by atoms with Gasteiger partial charge in [0.1, 0.15) is 4.90 Å². The topological polar surface area (TPSA) is 12.0 Å². The van der Waals surface area contributed by atoms with Gasteiger partial charge >= 0.3 is 0 Å². The molecule has 1 aromatic carbocycles. The quantitative estimate of drug-likeness (QED) is 0.385. The van der Waals surface area contributed by atoms with Gasteiger partial charge in [0.2, 0.25) is 5.82 Å². The van der Waals surface area contributed by atoms with E-state index in [4.69, 9.17) is 0 Å². The van der Waals surface area contributed by atoms with Crippen LogP contribution in [-0.4, -0.2) is 6.04 Å². The zero-order valence-electron chi connectivity index (χ0n) is 7.79. The van der Waals surface area contributed by atoms with Crippen molar-refractivity contribution < 1.29 is 22.0 Å². The van der Waals surface area contributed by atoms with Crippen LogP contribution in [0.1, 0.15) is 12.8 Å². The Morgan fingerprint density at radius 1 is 0.812 bits per heavy atom. The van der Waals surface area contributed by atoms with Gasteiger partial charge in [0.15, 0.2) is 23.3 Å². The number of benzene rings is 1. The lowest BCUT2D eigenvalue weighted by Gasteiger charge is -2.07. The second-order valence-corrected chi connectivity index (χ2v) is 4.24. The summed E-state index contributed by atoms with van der Waals surface area (Å²) in [5, 5.41) is 0. The number of hydrogen-bond donors (Lipinski definition) is 1. The Kier molecular flexibility index (Phi) is 3.07. The molecular formula is C9H6F5NS. The van der Waals surface area contributed by atoms with Crippen LogP contribution < -0.4 is 4.72 Å². The Hall–Kier alpha value is -0.820. The zero-order chi connectivity index (χ0) is 11.9. The molecule has 1 aliphatic rings. The molecule has 2 rings (SSSR count). The largest absolute Gasteiger partial charge is 0.257 e.